The molecule has 0 fully saturated rings. The Morgan fingerprint density at radius 2 is 2.17 bits per heavy atom. The van der Waals surface area contributed by atoms with E-state index in [-0.39, 0.29) is 12.5 Å². The Morgan fingerprint density at radius 3 is 2.83 bits per heavy atom. The van der Waals surface area contributed by atoms with Crippen molar-refractivity contribution in [3.8, 4) is 0 Å². The molecule has 0 heterocycles. The summed E-state index contributed by atoms with van der Waals surface area (Å²) in [5.41, 5.74) is 3.17. The standard InChI is InChI=1S/C14H21NO2S/c1-10-5-4-6-13(12(10)3)15-14(17)9-18-11(2)7-8-16/h4-6,11,16H,7-9H2,1-3H3,(H,15,17). The summed E-state index contributed by atoms with van der Waals surface area (Å²) in [5.74, 6) is 0.438. The average molecular weight is 267 g/mol. The van der Waals surface area contributed by atoms with Crippen LogP contribution < -0.4 is 5.32 Å². The van der Waals surface area contributed by atoms with Crippen LogP contribution >= 0.6 is 11.8 Å². The van der Waals surface area contributed by atoms with Gasteiger partial charge in [-0.1, -0.05) is 19.1 Å². The van der Waals surface area contributed by atoms with E-state index in [0.717, 1.165) is 17.7 Å². The lowest BCUT2D eigenvalue weighted by Gasteiger charge is -2.12. The molecule has 0 saturated heterocycles. The molecule has 0 aromatic heterocycles. The number of hydrogen-bond acceptors (Lipinski definition) is 3. The summed E-state index contributed by atoms with van der Waals surface area (Å²) in [6.45, 7) is 6.23. The summed E-state index contributed by atoms with van der Waals surface area (Å²) in [4.78, 5) is 11.8. The summed E-state index contributed by atoms with van der Waals surface area (Å²) in [6, 6.07) is 5.89. The molecule has 18 heavy (non-hydrogen) atoms. The predicted octanol–water partition coefficient (Wildman–Crippen LogP) is 2.75. The third-order valence-corrected chi connectivity index (χ3v) is 4.15. The van der Waals surface area contributed by atoms with Gasteiger partial charge in [0.2, 0.25) is 5.91 Å². The van der Waals surface area contributed by atoms with Gasteiger partial charge >= 0.3 is 0 Å². The zero-order chi connectivity index (χ0) is 13.5. The van der Waals surface area contributed by atoms with Crippen molar-refractivity contribution < 1.29 is 9.90 Å². The van der Waals surface area contributed by atoms with Crippen molar-refractivity contribution in [1.29, 1.82) is 0 Å². The summed E-state index contributed by atoms with van der Waals surface area (Å²) >= 11 is 1.57. The zero-order valence-corrected chi connectivity index (χ0v) is 12.0. The van der Waals surface area contributed by atoms with Gasteiger partial charge in [0.25, 0.3) is 0 Å². The number of aliphatic hydroxyl groups is 1. The lowest BCUT2D eigenvalue weighted by molar-refractivity contribution is -0.113. The topological polar surface area (TPSA) is 49.3 Å². The van der Waals surface area contributed by atoms with E-state index < -0.39 is 0 Å². The number of benzene rings is 1. The molecule has 1 aromatic rings. The van der Waals surface area contributed by atoms with Crippen LogP contribution in [-0.4, -0.2) is 28.6 Å². The molecule has 0 aliphatic heterocycles. The smallest absolute Gasteiger partial charge is 0.234 e. The van der Waals surface area contributed by atoms with Gasteiger partial charge in [-0.15, -0.1) is 11.8 Å². The van der Waals surface area contributed by atoms with Crippen molar-refractivity contribution >= 4 is 23.4 Å². The van der Waals surface area contributed by atoms with Gasteiger partial charge < -0.3 is 10.4 Å². The first-order valence-corrected chi connectivity index (χ1v) is 7.18. The van der Waals surface area contributed by atoms with Crippen LogP contribution in [0.1, 0.15) is 24.5 Å². The van der Waals surface area contributed by atoms with Crippen LogP contribution in [0.2, 0.25) is 0 Å². The number of hydrogen-bond donors (Lipinski definition) is 2. The van der Waals surface area contributed by atoms with Crippen LogP contribution in [0.5, 0.6) is 0 Å². The number of nitrogens with one attached hydrogen (secondary N) is 1. The molecule has 1 amide bonds. The van der Waals surface area contributed by atoms with E-state index in [1.165, 1.54) is 5.56 Å². The molecule has 1 unspecified atom stereocenters. The SMILES string of the molecule is Cc1cccc(NC(=O)CSC(C)CCO)c1C. The Balaban J connectivity index is 2.47. The zero-order valence-electron chi connectivity index (χ0n) is 11.2. The molecule has 100 valence electrons. The summed E-state index contributed by atoms with van der Waals surface area (Å²) < 4.78 is 0. The lowest BCUT2D eigenvalue weighted by Crippen LogP contribution is -2.17. The van der Waals surface area contributed by atoms with Gasteiger partial charge in [0.1, 0.15) is 0 Å². The minimum atomic E-state index is 0.0125. The van der Waals surface area contributed by atoms with Crippen LogP contribution in [0.25, 0.3) is 0 Å². The monoisotopic (exact) mass is 267 g/mol. The Labute approximate surface area is 113 Å². The fourth-order valence-corrected chi connectivity index (χ4v) is 2.34. The number of carbonyl (C=O) groups excluding carboxylic acids is 1. The Bertz CT molecular complexity index is 407. The van der Waals surface area contributed by atoms with Gasteiger partial charge in [0.05, 0.1) is 5.75 Å². The van der Waals surface area contributed by atoms with Crippen LogP contribution in [0.3, 0.4) is 0 Å². The quantitative estimate of drug-likeness (QED) is 0.833. The third kappa shape index (κ3) is 4.70. The fourth-order valence-electron chi connectivity index (χ4n) is 1.56. The highest BCUT2D eigenvalue weighted by molar-refractivity contribution is 8.00. The van der Waals surface area contributed by atoms with Crippen molar-refractivity contribution in [2.24, 2.45) is 0 Å². The number of aryl methyl sites for hydroxylation is 1. The molecule has 2 N–H and O–H groups in total. The van der Waals surface area contributed by atoms with E-state index in [2.05, 4.69) is 5.32 Å². The molecule has 4 heteroatoms. The summed E-state index contributed by atoms with van der Waals surface area (Å²) in [6.07, 6.45) is 0.724. The highest BCUT2D eigenvalue weighted by Crippen LogP contribution is 2.19. The Morgan fingerprint density at radius 1 is 1.44 bits per heavy atom. The largest absolute Gasteiger partial charge is 0.396 e. The summed E-state index contributed by atoms with van der Waals surface area (Å²) in [7, 11) is 0. The molecule has 0 aliphatic rings. The minimum absolute atomic E-state index is 0.0125. The van der Waals surface area contributed by atoms with E-state index >= 15 is 0 Å². The number of aliphatic hydroxyl groups excluding tert-OH is 1. The van der Waals surface area contributed by atoms with E-state index in [0.29, 0.717) is 11.0 Å². The Kier molecular flexibility index (Phi) is 6.22. The van der Waals surface area contributed by atoms with Crippen LogP contribution in [0.15, 0.2) is 18.2 Å². The lowest BCUT2D eigenvalue weighted by atomic mass is 10.1. The number of carbonyl (C=O) groups is 1. The van der Waals surface area contributed by atoms with Crippen LogP contribution in [0.4, 0.5) is 5.69 Å². The molecule has 0 bridgehead atoms. The normalized spacial score (nSPS) is 12.2. The molecular formula is C14H21NO2S. The highest BCUT2D eigenvalue weighted by atomic mass is 32.2. The van der Waals surface area contributed by atoms with E-state index in [1.54, 1.807) is 11.8 Å². The molecule has 0 radical (unpaired) electrons. The predicted molar refractivity (Wildman–Crippen MR) is 78.2 cm³/mol. The first-order chi connectivity index (χ1) is 8.54. The maximum absolute atomic E-state index is 11.8. The van der Waals surface area contributed by atoms with Gasteiger partial charge in [-0.25, -0.2) is 0 Å². The first-order valence-electron chi connectivity index (χ1n) is 6.13. The molecule has 0 saturated carbocycles. The van der Waals surface area contributed by atoms with Crippen molar-refractivity contribution in [2.75, 3.05) is 17.7 Å². The van der Waals surface area contributed by atoms with Gasteiger partial charge in [-0.05, 0) is 37.5 Å². The van der Waals surface area contributed by atoms with Gasteiger partial charge in [0, 0.05) is 17.5 Å². The molecule has 1 rings (SSSR count). The molecule has 1 aromatic carbocycles. The first kappa shape index (κ1) is 15.1. The molecular weight excluding hydrogens is 246 g/mol. The van der Waals surface area contributed by atoms with Gasteiger partial charge in [-0.2, -0.15) is 0 Å². The van der Waals surface area contributed by atoms with E-state index in [9.17, 15) is 4.79 Å². The highest BCUT2D eigenvalue weighted by Gasteiger charge is 2.08. The molecule has 0 spiro atoms. The van der Waals surface area contributed by atoms with Crippen LogP contribution in [-0.2, 0) is 4.79 Å². The maximum atomic E-state index is 11.8. The Hall–Kier alpha value is -1.00. The second-order valence-corrected chi connectivity index (χ2v) is 5.86. The second-order valence-electron chi connectivity index (χ2n) is 4.43. The average Bonchev–Trinajstić information content (AvgIpc) is 2.33. The van der Waals surface area contributed by atoms with Crippen molar-refractivity contribution in [3.63, 3.8) is 0 Å². The summed E-state index contributed by atoms with van der Waals surface area (Å²) in [5, 5.41) is 12.0. The maximum Gasteiger partial charge on any atom is 0.234 e. The minimum Gasteiger partial charge on any atom is -0.396 e. The van der Waals surface area contributed by atoms with Crippen molar-refractivity contribution in [2.45, 2.75) is 32.4 Å². The van der Waals surface area contributed by atoms with E-state index in [1.807, 2.05) is 39.0 Å². The fraction of sp³-hybridized carbons (Fsp3) is 0.500. The van der Waals surface area contributed by atoms with Gasteiger partial charge in [0.15, 0.2) is 0 Å². The number of rotatable bonds is 6. The van der Waals surface area contributed by atoms with Crippen molar-refractivity contribution in [1.82, 2.24) is 0 Å². The number of anilines is 1. The molecule has 1 atom stereocenters. The van der Waals surface area contributed by atoms with Crippen LogP contribution in [0, 0.1) is 13.8 Å². The third-order valence-electron chi connectivity index (χ3n) is 2.91. The number of amides is 1. The molecule has 0 aliphatic carbocycles. The second kappa shape index (κ2) is 7.44. The number of thioether (sulfide) groups is 1. The molecule has 3 nitrogen and oxygen atoms in total. The van der Waals surface area contributed by atoms with E-state index in [4.69, 9.17) is 5.11 Å². The van der Waals surface area contributed by atoms with Crippen molar-refractivity contribution in [3.05, 3.63) is 29.3 Å². The van der Waals surface area contributed by atoms with Gasteiger partial charge in [-0.3, -0.25) is 4.79 Å².